The molecular formula is C36H45N3O6. The van der Waals surface area contributed by atoms with Gasteiger partial charge in [-0.1, -0.05) is 30.4 Å². The van der Waals surface area contributed by atoms with Crippen molar-refractivity contribution in [1.82, 2.24) is 4.90 Å². The minimum absolute atomic E-state index is 0.0154. The molecule has 0 aromatic heterocycles. The zero-order chi connectivity index (χ0) is 32.3. The van der Waals surface area contributed by atoms with E-state index in [4.69, 9.17) is 9.47 Å². The van der Waals surface area contributed by atoms with E-state index >= 15 is 0 Å². The molecule has 3 saturated heterocycles. The van der Waals surface area contributed by atoms with Gasteiger partial charge in [0.1, 0.15) is 17.4 Å². The van der Waals surface area contributed by atoms with Crippen LogP contribution < -0.4 is 14.5 Å². The maximum absolute atomic E-state index is 14.8. The monoisotopic (exact) mass is 615 g/mol. The number of fused-ring (bicyclic) bond motifs is 1. The van der Waals surface area contributed by atoms with Crippen molar-refractivity contribution in [3.8, 4) is 5.75 Å². The van der Waals surface area contributed by atoms with Gasteiger partial charge in [0, 0.05) is 37.6 Å². The maximum Gasteiger partial charge on any atom is 0.253 e. The number of aliphatic hydroxyl groups is 1. The largest absolute Gasteiger partial charge is 0.494 e. The molecule has 2 unspecified atom stereocenters. The number of rotatable bonds is 14. The first kappa shape index (κ1) is 32.4. The maximum atomic E-state index is 14.8. The molecule has 0 saturated carbocycles. The standard InChI is InChI=1S/C36H45N3O6/c1-6-20-37(26-14-16-27(17-15-26)44-8-3)33(41)29-28-18-19-36(45-28)30(29)34(42)39(22-9-10-23-40)32(36)35(43)38(21-7-2)31-24(4)12-11-13-25(31)5/h6-7,11-17,28-30,32,40H,1-2,8-10,18-23H2,3-5H3/t28-,29+,30+,32?,36?/m1/s1. The number of hydrogen-bond acceptors (Lipinski definition) is 6. The number of ether oxygens (including phenoxy) is 2. The zero-order valence-electron chi connectivity index (χ0n) is 26.6. The van der Waals surface area contributed by atoms with E-state index in [9.17, 15) is 19.5 Å². The average Bonchev–Trinajstić information content (AvgIpc) is 3.67. The van der Waals surface area contributed by atoms with Gasteiger partial charge in [-0.05, 0) is 81.8 Å². The van der Waals surface area contributed by atoms with E-state index in [1.54, 1.807) is 26.9 Å². The Morgan fingerprint density at radius 3 is 2.33 bits per heavy atom. The molecule has 3 heterocycles. The summed E-state index contributed by atoms with van der Waals surface area (Å²) in [6, 6.07) is 12.3. The molecule has 3 aliphatic rings. The fraction of sp³-hybridized carbons (Fsp3) is 0.472. The summed E-state index contributed by atoms with van der Waals surface area (Å²) in [5, 5.41) is 9.52. The third kappa shape index (κ3) is 5.68. The Bertz CT molecular complexity index is 1420. The Morgan fingerprint density at radius 1 is 1.04 bits per heavy atom. The number of hydrogen-bond donors (Lipinski definition) is 1. The summed E-state index contributed by atoms with van der Waals surface area (Å²) < 4.78 is 12.3. The predicted octanol–water partition coefficient (Wildman–Crippen LogP) is 4.59. The third-order valence-electron chi connectivity index (χ3n) is 9.45. The smallest absolute Gasteiger partial charge is 0.253 e. The van der Waals surface area contributed by atoms with Gasteiger partial charge in [0.25, 0.3) is 5.91 Å². The summed E-state index contributed by atoms with van der Waals surface area (Å²) in [5.41, 5.74) is 2.21. The van der Waals surface area contributed by atoms with Crippen molar-refractivity contribution in [1.29, 1.82) is 0 Å². The average molecular weight is 616 g/mol. The Labute approximate surface area is 266 Å². The Hall–Kier alpha value is -3.95. The summed E-state index contributed by atoms with van der Waals surface area (Å²) in [6.45, 7) is 15.0. The molecule has 45 heavy (non-hydrogen) atoms. The van der Waals surface area contributed by atoms with Crippen LogP contribution in [0.2, 0.25) is 0 Å². The molecule has 3 amide bonds. The summed E-state index contributed by atoms with van der Waals surface area (Å²) in [7, 11) is 0. The molecule has 0 aliphatic carbocycles. The van der Waals surface area contributed by atoms with Gasteiger partial charge in [0.2, 0.25) is 11.8 Å². The van der Waals surface area contributed by atoms with Crippen LogP contribution in [0.25, 0.3) is 0 Å². The molecule has 2 aromatic carbocycles. The Kier molecular flexibility index (Phi) is 9.79. The molecule has 3 fully saturated rings. The van der Waals surface area contributed by atoms with Gasteiger partial charge < -0.3 is 29.3 Å². The fourth-order valence-corrected chi connectivity index (χ4v) is 7.67. The van der Waals surface area contributed by atoms with Crippen molar-refractivity contribution < 1.29 is 29.0 Å². The second-order valence-corrected chi connectivity index (χ2v) is 12.2. The van der Waals surface area contributed by atoms with Crippen molar-refractivity contribution >= 4 is 29.1 Å². The quantitative estimate of drug-likeness (QED) is 0.247. The molecule has 1 spiro atoms. The van der Waals surface area contributed by atoms with Crippen LogP contribution in [0.3, 0.4) is 0 Å². The molecule has 5 atom stereocenters. The minimum atomic E-state index is -1.13. The lowest BCUT2D eigenvalue weighted by molar-refractivity contribution is -0.140. The van der Waals surface area contributed by atoms with Gasteiger partial charge in [-0.15, -0.1) is 13.2 Å². The van der Waals surface area contributed by atoms with Crippen LogP contribution in [-0.2, 0) is 19.1 Å². The number of para-hydroxylation sites is 1. The lowest BCUT2D eigenvalue weighted by atomic mass is 9.70. The van der Waals surface area contributed by atoms with E-state index in [1.807, 2.05) is 63.2 Å². The highest BCUT2D eigenvalue weighted by Gasteiger charge is 2.75. The number of nitrogens with zero attached hydrogens (tertiary/aromatic N) is 3. The number of amides is 3. The van der Waals surface area contributed by atoms with Gasteiger partial charge in [-0.3, -0.25) is 14.4 Å². The number of aliphatic hydroxyl groups excluding tert-OH is 1. The second kappa shape index (κ2) is 13.6. The number of carbonyl (C=O) groups excluding carboxylic acids is 3. The molecule has 2 bridgehead atoms. The molecule has 1 N–H and O–H groups in total. The van der Waals surface area contributed by atoms with Crippen molar-refractivity contribution in [2.24, 2.45) is 11.8 Å². The van der Waals surface area contributed by atoms with Gasteiger partial charge in [-0.25, -0.2) is 0 Å². The molecular weight excluding hydrogens is 570 g/mol. The lowest BCUT2D eigenvalue weighted by Gasteiger charge is -2.37. The summed E-state index contributed by atoms with van der Waals surface area (Å²) in [6.07, 6.45) is 4.97. The number of unbranched alkanes of at least 4 members (excludes halogenated alkanes) is 1. The molecule has 0 radical (unpaired) electrons. The van der Waals surface area contributed by atoms with Gasteiger partial charge in [-0.2, -0.15) is 0 Å². The van der Waals surface area contributed by atoms with Crippen molar-refractivity contribution in [3.63, 3.8) is 0 Å². The topological polar surface area (TPSA) is 99.6 Å². The number of likely N-dealkylation sites (tertiary alicyclic amines) is 1. The van der Waals surface area contributed by atoms with Gasteiger partial charge in [0.15, 0.2) is 0 Å². The molecule has 9 heteroatoms. The first-order valence-electron chi connectivity index (χ1n) is 16.0. The summed E-state index contributed by atoms with van der Waals surface area (Å²) >= 11 is 0. The summed E-state index contributed by atoms with van der Waals surface area (Å²) in [5.74, 6) is -1.54. The highest BCUT2D eigenvalue weighted by Crippen LogP contribution is 2.59. The first-order valence-corrected chi connectivity index (χ1v) is 16.0. The van der Waals surface area contributed by atoms with Crippen LogP contribution in [0.15, 0.2) is 67.8 Å². The number of aryl methyl sites for hydroxylation is 2. The molecule has 240 valence electrons. The minimum Gasteiger partial charge on any atom is -0.494 e. The highest BCUT2D eigenvalue weighted by molar-refractivity contribution is 6.07. The number of benzene rings is 2. The SMILES string of the molecule is C=CCN(C(=O)[C@@H]1[C@H]2C(=O)N(CCCCO)C(C(=O)N(CC=C)c3c(C)cccc3C)C23CC[C@H]1O3)c1ccc(OCC)cc1. The van der Waals surface area contributed by atoms with Gasteiger partial charge >= 0.3 is 0 Å². The van der Waals surface area contributed by atoms with Crippen LogP contribution in [-0.4, -0.2) is 78.3 Å². The van der Waals surface area contributed by atoms with Crippen LogP contribution in [0.5, 0.6) is 5.75 Å². The zero-order valence-corrected chi connectivity index (χ0v) is 26.6. The van der Waals surface area contributed by atoms with Crippen molar-refractivity contribution in [2.75, 3.05) is 42.6 Å². The molecule has 3 aliphatic heterocycles. The van der Waals surface area contributed by atoms with Crippen LogP contribution in [0, 0.1) is 25.7 Å². The Balaban J connectivity index is 1.54. The second-order valence-electron chi connectivity index (χ2n) is 12.2. The van der Waals surface area contributed by atoms with E-state index in [-0.39, 0.29) is 44.0 Å². The van der Waals surface area contributed by atoms with Crippen molar-refractivity contribution in [3.05, 3.63) is 78.9 Å². The summed E-state index contributed by atoms with van der Waals surface area (Å²) in [4.78, 5) is 48.7. The third-order valence-corrected chi connectivity index (χ3v) is 9.45. The van der Waals surface area contributed by atoms with E-state index in [0.717, 1.165) is 16.8 Å². The highest BCUT2D eigenvalue weighted by atomic mass is 16.5. The number of anilines is 2. The van der Waals surface area contributed by atoms with E-state index in [0.29, 0.717) is 43.7 Å². The fourth-order valence-electron chi connectivity index (χ4n) is 7.67. The first-order chi connectivity index (χ1) is 21.7. The van der Waals surface area contributed by atoms with E-state index in [2.05, 4.69) is 13.2 Å². The van der Waals surface area contributed by atoms with E-state index in [1.165, 1.54) is 0 Å². The lowest BCUT2D eigenvalue weighted by Crippen LogP contribution is -2.57. The van der Waals surface area contributed by atoms with Crippen LogP contribution in [0.4, 0.5) is 11.4 Å². The van der Waals surface area contributed by atoms with Crippen LogP contribution in [0.1, 0.15) is 43.7 Å². The van der Waals surface area contributed by atoms with Crippen molar-refractivity contribution in [2.45, 2.75) is 64.2 Å². The number of carbonyl (C=O) groups is 3. The Morgan fingerprint density at radius 2 is 1.71 bits per heavy atom. The van der Waals surface area contributed by atoms with Gasteiger partial charge in [0.05, 0.1) is 24.5 Å². The van der Waals surface area contributed by atoms with Crippen LogP contribution >= 0.6 is 0 Å². The van der Waals surface area contributed by atoms with E-state index < -0.39 is 29.6 Å². The molecule has 2 aromatic rings. The predicted molar refractivity (Wildman–Crippen MR) is 174 cm³/mol. The molecule has 9 nitrogen and oxygen atoms in total. The molecule has 5 rings (SSSR count). The normalized spacial score (nSPS) is 24.8.